The summed E-state index contributed by atoms with van der Waals surface area (Å²) in [5.74, 6) is -24.5. The van der Waals surface area contributed by atoms with E-state index in [9.17, 15) is 35.9 Å². The van der Waals surface area contributed by atoms with Crippen LogP contribution in [0, 0.1) is 0 Å². The van der Waals surface area contributed by atoms with E-state index >= 15 is 0 Å². The van der Waals surface area contributed by atoms with Crippen LogP contribution in [-0.4, -0.2) is 34.6 Å². The van der Waals surface area contributed by atoms with Crippen LogP contribution in [0.2, 0.25) is 0 Å². The summed E-state index contributed by atoms with van der Waals surface area (Å²) >= 11 is 0. The van der Waals surface area contributed by atoms with Gasteiger partial charge in [0.05, 0.1) is 0 Å². The summed E-state index contributed by atoms with van der Waals surface area (Å²) in [6.07, 6.45) is 0. The molecule has 0 heterocycles. The lowest BCUT2D eigenvalue weighted by atomic mass is 9.86. The maximum absolute atomic E-state index is 13.6. The van der Waals surface area contributed by atoms with E-state index in [4.69, 9.17) is 5.11 Å². The van der Waals surface area contributed by atoms with Gasteiger partial charge in [-0.3, -0.25) is 4.79 Å². The second-order valence-corrected chi connectivity index (χ2v) is 6.18. The summed E-state index contributed by atoms with van der Waals surface area (Å²) in [6.45, 7) is 5.29. The van der Waals surface area contributed by atoms with Crippen LogP contribution in [-0.2, 0) is 10.2 Å². The van der Waals surface area contributed by atoms with E-state index in [1.54, 1.807) is 20.8 Å². The van der Waals surface area contributed by atoms with Crippen molar-refractivity contribution in [3.8, 4) is 0 Å². The molecule has 0 aromatic heterocycles. The fourth-order valence-corrected chi connectivity index (χ4v) is 1.78. The molecular formula is C15H14F6O3. The SMILES string of the molecule is CC(C)(C)c1ccc(C(=O)C(F)(F)C(F)(F)C(F)(F)C(=O)O)cc1. The Hall–Kier alpha value is -2.06. The summed E-state index contributed by atoms with van der Waals surface area (Å²) in [5.41, 5.74) is -0.775. The van der Waals surface area contributed by atoms with Gasteiger partial charge in [0.2, 0.25) is 5.78 Å². The second-order valence-electron chi connectivity index (χ2n) is 6.18. The van der Waals surface area contributed by atoms with Crippen LogP contribution in [0.5, 0.6) is 0 Å². The maximum atomic E-state index is 13.6. The van der Waals surface area contributed by atoms with E-state index in [-0.39, 0.29) is 0 Å². The number of carboxylic acid groups (broad SMARTS) is 1. The zero-order chi connectivity index (χ0) is 19.1. The number of Topliss-reactive ketones (excluding diaryl/α,β-unsaturated/α-hetero) is 1. The number of alkyl halides is 6. The summed E-state index contributed by atoms with van der Waals surface area (Å²) in [4.78, 5) is 21.7. The van der Waals surface area contributed by atoms with E-state index in [1.165, 1.54) is 12.1 Å². The van der Waals surface area contributed by atoms with Crippen molar-refractivity contribution in [3.05, 3.63) is 35.4 Å². The van der Waals surface area contributed by atoms with Crippen LogP contribution in [0.3, 0.4) is 0 Å². The fraction of sp³-hybridized carbons (Fsp3) is 0.467. The molecule has 0 aliphatic rings. The van der Waals surface area contributed by atoms with Crippen molar-refractivity contribution < 1.29 is 41.0 Å². The van der Waals surface area contributed by atoms with Crippen molar-refractivity contribution in [1.29, 1.82) is 0 Å². The highest BCUT2D eigenvalue weighted by atomic mass is 19.3. The van der Waals surface area contributed by atoms with Crippen LogP contribution in [0.15, 0.2) is 24.3 Å². The molecule has 0 aliphatic heterocycles. The number of aliphatic carboxylic acids is 1. The van der Waals surface area contributed by atoms with Gasteiger partial charge in [0.15, 0.2) is 0 Å². The quantitative estimate of drug-likeness (QED) is 0.637. The van der Waals surface area contributed by atoms with Crippen molar-refractivity contribution in [2.45, 2.75) is 44.0 Å². The second kappa shape index (κ2) is 5.78. The van der Waals surface area contributed by atoms with Crippen molar-refractivity contribution in [1.82, 2.24) is 0 Å². The van der Waals surface area contributed by atoms with Gasteiger partial charge in [0, 0.05) is 5.56 Å². The average molecular weight is 356 g/mol. The van der Waals surface area contributed by atoms with E-state index < -0.39 is 40.5 Å². The van der Waals surface area contributed by atoms with Gasteiger partial charge in [-0.05, 0) is 11.0 Å². The highest BCUT2D eigenvalue weighted by Crippen LogP contribution is 2.47. The lowest BCUT2D eigenvalue weighted by Gasteiger charge is -2.29. The molecule has 0 unspecified atom stereocenters. The number of carbonyl (C=O) groups is 2. The molecule has 1 aromatic rings. The zero-order valence-electron chi connectivity index (χ0n) is 12.8. The van der Waals surface area contributed by atoms with E-state index in [0.717, 1.165) is 12.1 Å². The Balaban J connectivity index is 3.28. The molecule has 0 saturated carbocycles. The van der Waals surface area contributed by atoms with Crippen LogP contribution in [0.25, 0.3) is 0 Å². The first-order valence-electron chi connectivity index (χ1n) is 6.59. The minimum Gasteiger partial charge on any atom is -0.477 e. The number of rotatable bonds is 5. The maximum Gasteiger partial charge on any atom is 0.411 e. The summed E-state index contributed by atoms with van der Waals surface area (Å²) < 4.78 is 79.8. The predicted octanol–water partition coefficient (Wildman–Crippen LogP) is 4.16. The van der Waals surface area contributed by atoms with Gasteiger partial charge in [-0.1, -0.05) is 45.0 Å². The standard InChI is InChI=1S/C15H14F6O3/c1-12(2,3)9-6-4-8(5-7-9)10(22)13(16,17)15(20,21)14(18,19)11(23)24/h4-7H,1-3H3,(H,23,24). The Bertz CT molecular complexity index is 644. The van der Waals surface area contributed by atoms with Gasteiger partial charge < -0.3 is 5.11 Å². The topological polar surface area (TPSA) is 54.4 Å². The highest BCUT2D eigenvalue weighted by Gasteiger charge is 2.78. The molecule has 24 heavy (non-hydrogen) atoms. The van der Waals surface area contributed by atoms with Crippen LogP contribution in [0.4, 0.5) is 26.3 Å². The molecule has 0 radical (unpaired) electrons. The normalized spacial score (nSPS) is 13.7. The third-order valence-electron chi connectivity index (χ3n) is 3.36. The van der Waals surface area contributed by atoms with Gasteiger partial charge in [-0.25, -0.2) is 4.79 Å². The Labute approximate surface area is 133 Å². The largest absolute Gasteiger partial charge is 0.477 e. The van der Waals surface area contributed by atoms with E-state index in [1.807, 2.05) is 0 Å². The zero-order valence-corrected chi connectivity index (χ0v) is 12.8. The first-order valence-corrected chi connectivity index (χ1v) is 6.59. The lowest BCUT2D eigenvalue weighted by molar-refractivity contribution is -0.285. The highest BCUT2D eigenvalue weighted by molar-refractivity contribution is 6.02. The van der Waals surface area contributed by atoms with Crippen molar-refractivity contribution in [2.75, 3.05) is 0 Å². The van der Waals surface area contributed by atoms with Crippen molar-refractivity contribution in [2.24, 2.45) is 0 Å². The average Bonchev–Trinajstić information content (AvgIpc) is 2.45. The first kappa shape index (κ1) is 20.0. The summed E-state index contributed by atoms with van der Waals surface area (Å²) in [5, 5.41) is 8.04. The minimum atomic E-state index is -6.40. The molecular weight excluding hydrogens is 342 g/mol. The lowest BCUT2D eigenvalue weighted by Crippen LogP contribution is -2.60. The van der Waals surface area contributed by atoms with Gasteiger partial charge in [-0.2, -0.15) is 26.3 Å². The molecule has 0 amide bonds. The Morgan fingerprint density at radius 2 is 1.25 bits per heavy atom. The number of hydrogen-bond acceptors (Lipinski definition) is 2. The van der Waals surface area contributed by atoms with Crippen molar-refractivity contribution in [3.63, 3.8) is 0 Å². The Kier molecular flexibility index (Phi) is 4.82. The van der Waals surface area contributed by atoms with Crippen LogP contribution < -0.4 is 0 Å². The molecule has 0 spiro atoms. The number of hydrogen-bond donors (Lipinski definition) is 1. The molecule has 0 atom stereocenters. The fourth-order valence-electron chi connectivity index (χ4n) is 1.78. The number of benzene rings is 1. The number of ketones is 1. The molecule has 1 rings (SSSR count). The molecule has 1 aromatic carbocycles. The van der Waals surface area contributed by atoms with E-state index in [0.29, 0.717) is 5.56 Å². The van der Waals surface area contributed by atoms with Crippen LogP contribution >= 0.6 is 0 Å². The molecule has 134 valence electrons. The molecule has 3 nitrogen and oxygen atoms in total. The summed E-state index contributed by atoms with van der Waals surface area (Å²) in [6, 6.07) is 4.03. The Morgan fingerprint density at radius 3 is 1.58 bits per heavy atom. The first-order chi connectivity index (χ1) is 10.6. The smallest absolute Gasteiger partial charge is 0.411 e. The molecule has 0 fully saturated rings. The molecule has 0 aliphatic carbocycles. The Morgan fingerprint density at radius 1 is 0.833 bits per heavy atom. The van der Waals surface area contributed by atoms with Gasteiger partial charge >= 0.3 is 23.7 Å². The molecule has 0 bridgehead atoms. The number of carbonyl (C=O) groups excluding carboxylic acids is 1. The van der Waals surface area contributed by atoms with Crippen LogP contribution in [0.1, 0.15) is 36.7 Å². The third kappa shape index (κ3) is 3.11. The van der Waals surface area contributed by atoms with Gasteiger partial charge in [0.1, 0.15) is 0 Å². The number of halogens is 6. The molecule has 1 N–H and O–H groups in total. The minimum absolute atomic E-state index is 0.426. The molecule has 9 heteroatoms. The van der Waals surface area contributed by atoms with E-state index in [2.05, 4.69) is 0 Å². The van der Waals surface area contributed by atoms with Gasteiger partial charge in [-0.15, -0.1) is 0 Å². The monoisotopic (exact) mass is 356 g/mol. The third-order valence-corrected chi connectivity index (χ3v) is 3.36. The van der Waals surface area contributed by atoms with Crippen molar-refractivity contribution >= 4 is 11.8 Å². The predicted molar refractivity (Wildman–Crippen MR) is 71.9 cm³/mol. The molecule has 0 saturated heterocycles. The number of carboxylic acids is 1. The van der Waals surface area contributed by atoms with Gasteiger partial charge in [0.25, 0.3) is 0 Å². The summed E-state index contributed by atoms with van der Waals surface area (Å²) in [7, 11) is 0.